The summed E-state index contributed by atoms with van der Waals surface area (Å²) in [6.07, 6.45) is 0. The van der Waals surface area contributed by atoms with E-state index in [9.17, 15) is 29.1 Å². The average Bonchev–Trinajstić information content (AvgIpc) is 3.17. The van der Waals surface area contributed by atoms with Crippen molar-refractivity contribution in [2.75, 3.05) is 85.4 Å². The summed E-state index contributed by atoms with van der Waals surface area (Å²) in [7, 11) is 6.13. The second kappa shape index (κ2) is 19.2. The van der Waals surface area contributed by atoms with Crippen LogP contribution in [0.2, 0.25) is 0 Å². The Morgan fingerprint density at radius 3 is 1.75 bits per heavy atom. The molecule has 0 spiro atoms. The molecule has 4 rings (SSSR count). The monoisotopic (exact) mass is 731 g/mol. The molecule has 2 aromatic rings. The maximum Gasteiger partial charge on any atom is 0.336 e. The zero-order valence-corrected chi connectivity index (χ0v) is 30.2. The molecular formula is C36H47N10O7+. The number of carboxylic acid groups (broad SMARTS) is 1. The lowest BCUT2D eigenvalue weighted by Crippen LogP contribution is -2.44. The van der Waals surface area contributed by atoms with Gasteiger partial charge >= 0.3 is 30.1 Å². The summed E-state index contributed by atoms with van der Waals surface area (Å²) in [6, 6.07) is 16.7. The summed E-state index contributed by atoms with van der Waals surface area (Å²) >= 11 is 0. The summed E-state index contributed by atoms with van der Waals surface area (Å²) in [5, 5.41) is 32.9. The van der Waals surface area contributed by atoms with Gasteiger partial charge in [0.1, 0.15) is 11.3 Å². The van der Waals surface area contributed by atoms with E-state index in [0.29, 0.717) is 85.8 Å². The first kappa shape index (κ1) is 39.3. The molecule has 2 aliphatic rings. The smallest absolute Gasteiger partial charge is 0.336 e. The summed E-state index contributed by atoms with van der Waals surface area (Å²) in [5.41, 5.74) is 3.19. The zero-order valence-electron chi connectivity index (χ0n) is 30.2. The van der Waals surface area contributed by atoms with Crippen LogP contribution in [-0.2, 0) is 0 Å². The molecule has 2 aromatic carbocycles. The molecule has 17 nitrogen and oxygen atoms in total. The van der Waals surface area contributed by atoms with Crippen molar-refractivity contribution in [1.82, 2.24) is 47.1 Å². The van der Waals surface area contributed by atoms with Gasteiger partial charge in [-0.3, -0.25) is 0 Å². The van der Waals surface area contributed by atoms with E-state index in [1.165, 1.54) is 28.2 Å². The molecule has 0 saturated heterocycles. The third-order valence-corrected chi connectivity index (χ3v) is 8.42. The van der Waals surface area contributed by atoms with Crippen LogP contribution in [0.5, 0.6) is 0 Å². The highest BCUT2D eigenvalue weighted by atomic mass is 16.4. The van der Waals surface area contributed by atoms with Gasteiger partial charge in [0.2, 0.25) is 5.36 Å². The van der Waals surface area contributed by atoms with Crippen molar-refractivity contribution in [3.8, 4) is 22.5 Å². The molecule has 1 heterocycles. The van der Waals surface area contributed by atoms with Crippen molar-refractivity contribution >= 4 is 46.8 Å². The number of rotatable bonds is 15. The van der Waals surface area contributed by atoms with Crippen LogP contribution in [0.1, 0.15) is 10.4 Å². The van der Waals surface area contributed by atoms with E-state index in [-0.39, 0.29) is 29.7 Å². The zero-order chi connectivity index (χ0) is 38.3. The maximum absolute atomic E-state index is 12.5. The van der Waals surface area contributed by atoms with Gasteiger partial charge < -0.3 is 57.0 Å². The number of carbonyl (C=O) groups excluding carboxylic acids is 4. The summed E-state index contributed by atoms with van der Waals surface area (Å²) in [5.74, 6) is -0.604. The van der Waals surface area contributed by atoms with Crippen molar-refractivity contribution in [3.63, 3.8) is 0 Å². The number of nitrogens with one attached hydrogen (secondary N) is 8. The van der Waals surface area contributed by atoms with Crippen LogP contribution in [-0.4, -0.2) is 116 Å². The predicted octanol–water partition coefficient (Wildman–Crippen LogP) is 1.20. The van der Waals surface area contributed by atoms with E-state index < -0.39 is 5.97 Å². The Hall–Kier alpha value is -6.52. The number of nitrogens with zero attached hydrogens (tertiary/aromatic N) is 2. The van der Waals surface area contributed by atoms with Crippen LogP contribution in [0.3, 0.4) is 0 Å². The second-order valence-electron chi connectivity index (χ2n) is 11.7. The Balaban J connectivity index is 1.91. The highest BCUT2D eigenvalue weighted by Gasteiger charge is 2.23. The van der Waals surface area contributed by atoms with Crippen LogP contribution < -0.4 is 57.4 Å². The van der Waals surface area contributed by atoms with E-state index in [4.69, 9.17) is 4.42 Å². The fourth-order valence-electron chi connectivity index (χ4n) is 5.75. The van der Waals surface area contributed by atoms with Crippen LogP contribution >= 0.6 is 0 Å². The van der Waals surface area contributed by atoms with Gasteiger partial charge in [0.15, 0.2) is 13.1 Å². The molecule has 0 fully saturated rings. The van der Waals surface area contributed by atoms with Gasteiger partial charge in [-0.1, -0.05) is 18.2 Å². The standard InChI is InChI=1S/C36H46N10O7/c1-37-33(49)41-13-17-45(18-14-42-34(50)38-2)23-9-11-27-29(21-23)53-30-22-24(46(19-15-43-35(51)39-3)20-16-44-36(52)40-4)10-12-28(30)31(27)25-7-5-6-8-26(25)32(47)48/h5-12,21-22H,13-20H2,1-4H3,(H8-,37,38,39,40,41,42,43,44,47,48,49,50,51,52)/p+1. The molecule has 0 atom stereocenters. The summed E-state index contributed by atoms with van der Waals surface area (Å²) in [4.78, 5) is 62.0. The Labute approximate surface area is 306 Å². The molecule has 0 bridgehead atoms. The number of aromatic carboxylic acids is 1. The first-order valence-electron chi connectivity index (χ1n) is 17.1. The number of benzene rings is 3. The summed E-state index contributed by atoms with van der Waals surface area (Å²) in [6.45, 7) is 2.87. The van der Waals surface area contributed by atoms with Gasteiger partial charge in [-0.15, -0.1) is 0 Å². The van der Waals surface area contributed by atoms with Gasteiger partial charge in [0, 0.05) is 88.7 Å². The fraction of sp³-hybridized carbons (Fsp3) is 0.333. The molecular weight excluding hydrogens is 684 g/mol. The molecule has 0 unspecified atom stereocenters. The van der Waals surface area contributed by atoms with Crippen molar-refractivity contribution in [2.24, 2.45) is 0 Å². The molecule has 282 valence electrons. The molecule has 0 aromatic heterocycles. The van der Waals surface area contributed by atoms with Crippen LogP contribution in [0, 0.1) is 0 Å². The van der Waals surface area contributed by atoms with Crippen LogP contribution in [0.4, 0.5) is 24.9 Å². The topological polar surface area (TPSA) is 221 Å². The van der Waals surface area contributed by atoms with E-state index in [1.54, 1.807) is 24.3 Å². The van der Waals surface area contributed by atoms with Crippen molar-refractivity contribution in [3.05, 3.63) is 71.6 Å². The number of fused-ring (bicyclic) bond motifs is 2. The number of urea groups is 4. The lowest BCUT2D eigenvalue weighted by atomic mass is 9.90. The van der Waals surface area contributed by atoms with E-state index in [1.807, 2.05) is 45.9 Å². The molecule has 53 heavy (non-hydrogen) atoms. The SMILES string of the molecule is CNC(=O)NCCN(CCNC(=O)NC)c1ccc2c(-c3ccccc3C(=O)O)c3ccc(=[N+](CCNC(=O)NC)CCNC(=O)NC)cc-3oc2c1. The van der Waals surface area contributed by atoms with Gasteiger partial charge in [-0.05, 0) is 29.8 Å². The normalized spacial score (nSPS) is 10.6. The first-order valence-corrected chi connectivity index (χ1v) is 17.1. The molecule has 9 N–H and O–H groups in total. The molecule has 1 aliphatic heterocycles. The van der Waals surface area contributed by atoms with Gasteiger partial charge in [-0.2, -0.15) is 0 Å². The minimum Gasteiger partial charge on any atom is -0.478 e. The van der Waals surface area contributed by atoms with E-state index >= 15 is 0 Å². The third kappa shape index (κ3) is 10.5. The van der Waals surface area contributed by atoms with Crippen molar-refractivity contribution < 1.29 is 33.5 Å². The number of anilines is 1. The van der Waals surface area contributed by atoms with Crippen LogP contribution in [0.25, 0.3) is 33.4 Å². The predicted molar refractivity (Wildman–Crippen MR) is 202 cm³/mol. The van der Waals surface area contributed by atoms with E-state index in [2.05, 4.69) is 42.5 Å². The quantitative estimate of drug-likeness (QED) is 0.0637. The van der Waals surface area contributed by atoms with E-state index in [0.717, 1.165) is 11.0 Å². The second-order valence-corrected chi connectivity index (χ2v) is 11.7. The molecule has 0 saturated carbocycles. The number of amides is 8. The minimum absolute atomic E-state index is 0.124. The Kier molecular flexibility index (Phi) is 14.2. The fourth-order valence-corrected chi connectivity index (χ4v) is 5.75. The first-order chi connectivity index (χ1) is 25.6. The number of hydrogen-bond donors (Lipinski definition) is 9. The van der Waals surface area contributed by atoms with Gasteiger partial charge in [0.05, 0.1) is 24.7 Å². The largest absolute Gasteiger partial charge is 0.478 e. The highest BCUT2D eigenvalue weighted by molar-refractivity contribution is 6.07. The third-order valence-electron chi connectivity index (χ3n) is 8.42. The number of carbonyl (C=O) groups is 5. The lowest BCUT2D eigenvalue weighted by molar-refractivity contribution is 0.0697. The molecule has 17 heteroatoms. The van der Waals surface area contributed by atoms with Crippen LogP contribution in [0.15, 0.2) is 65.1 Å². The Morgan fingerprint density at radius 1 is 0.660 bits per heavy atom. The number of carboxylic acids is 1. The average molecular weight is 732 g/mol. The highest BCUT2D eigenvalue weighted by Crippen LogP contribution is 2.42. The minimum atomic E-state index is -1.08. The molecule has 8 amide bonds. The van der Waals surface area contributed by atoms with Crippen molar-refractivity contribution in [2.45, 2.75) is 0 Å². The molecule has 0 radical (unpaired) electrons. The van der Waals surface area contributed by atoms with Crippen molar-refractivity contribution in [1.29, 1.82) is 0 Å². The Bertz CT molecular complexity index is 1930. The lowest BCUT2D eigenvalue weighted by Gasteiger charge is -2.26. The van der Waals surface area contributed by atoms with Gasteiger partial charge in [-0.25, -0.2) is 28.5 Å². The number of hydrogen-bond acceptors (Lipinski definition) is 7. The molecule has 1 aliphatic carbocycles. The summed E-state index contributed by atoms with van der Waals surface area (Å²) < 4.78 is 8.60. The maximum atomic E-state index is 12.5. The Morgan fingerprint density at radius 2 is 1.21 bits per heavy atom. The van der Waals surface area contributed by atoms with Gasteiger partial charge in [0.25, 0.3) is 0 Å².